The van der Waals surface area contributed by atoms with Crippen molar-refractivity contribution in [1.29, 1.82) is 0 Å². The molecule has 0 fully saturated rings. The quantitative estimate of drug-likeness (QED) is 0.684. The van der Waals surface area contributed by atoms with E-state index in [4.69, 9.17) is 11.6 Å². The van der Waals surface area contributed by atoms with E-state index in [1.165, 1.54) is 13.1 Å². The lowest BCUT2D eigenvalue weighted by Gasteiger charge is -2.03. The average Bonchev–Trinajstić information content (AvgIpc) is 2.18. The minimum absolute atomic E-state index is 0.126. The maximum atomic E-state index is 13.1. The first-order valence-corrected chi connectivity index (χ1v) is 4.38. The number of hydrogen-bond acceptors (Lipinski definition) is 3. The normalized spacial score (nSPS) is 10.9. The molecule has 2 rings (SSSR count). The molecule has 0 atom stereocenters. The molecule has 0 radical (unpaired) electrons. The lowest BCUT2D eigenvalue weighted by atomic mass is 10.2. The van der Waals surface area contributed by atoms with Crippen molar-refractivity contribution in [2.24, 2.45) is 7.05 Å². The first-order valence-electron chi connectivity index (χ1n) is 4.00. The van der Waals surface area contributed by atoms with Gasteiger partial charge in [-0.25, -0.2) is 14.0 Å². The topological polar surface area (TPSA) is 52.2 Å². The van der Waals surface area contributed by atoms with Gasteiger partial charge in [0.05, 0.1) is 10.5 Å². The SMILES string of the molecule is Cn1c(=O)oc(=O)c2c(Cl)c(F)ccc21. The molecule has 0 unspecified atom stereocenters. The second-order valence-corrected chi connectivity index (χ2v) is 3.35. The van der Waals surface area contributed by atoms with Gasteiger partial charge in [0.25, 0.3) is 0 Å². The second kappa shape index (κ2) is 3.20. The zero-order chi connectivity index (χ0) is 11.2. The van der Waals surface area contributed by atoms with Crippen LogP contribution in [0.15, 0.2) is 26.1 Å². The van der Waals surface area contributed by atoms with E-state index in [9.17, 15) is 14.0 Å². The molecule has 0 amide bonds. The molecule has 0 aliphatic rings. The van der Waals surface area contributed by atoms with Crippen LogP contribution in [0.3, 0.4) is 0 Å². The maximum absolute atomic E-state index is 13.1. The fraction of sp³-hybridized carbons (Fsp3) is 0.111. The Bertz CT molecular complexity index is 659. The largest absolute Gasteiger partial charge is 0.422 e. The number of rotatable bonds is 0. The molecule has 15 heavy (non-hydrogen) atoms. The van der Waals surface area contributed by atoms with Crippen molar-refractivity contribution in [3.05, 3.63) is 43.9 Å². The smallest absolute Gasteiger partial charge is 0.372 e. The van der Waals surface area contributed by atoms with Crippen LogP contribution in [-0.2, 0) is 7.05 Å². The summed E-state index contributed by atoms with van der Waals surface area (Å²) in [6, 6.07) is 2.39. The number of aromatic nitrogens is 1. The fourth-order valence-corrected chi connectivity index (χ4v) is 1.55. The Labute approximate surface area is 87.5 Å². The van der Waals surface area contributed by atoms with E-state index in [1.807, 2.05) is 0 Å². The molecule has 1 heterocycles. The third-order valence-electron chi connectivity index (χ3n) is 2.09. The van der Waals surface area contributed by atoms with Crippen LogP contribution in [0.4, 0.5) is 4.39 Å². The molecule has 0 spiro atoms. The van der Waals surface area contributed by atoms with Gasteiger partial charge in [-0.2, -0.15) is 0 Å². The molecule has 4 nitrogen and oxygen atoms in total. The van der Waals surface area contributed by atoms with E-state index in [-0.39, 0.29) is 15.9 Å². The van der Waals surface area contributed by atoms with Gasteiger partial charge in [-0.1, -0.05) is 11.6 Å². The highest BCUT2D eigenvalue weighted by Crippen LogP contribution is 2.22. The van der Waals surface area contributed by atoms with Crippen molar-refractivity contribution < 1.29 is 8.81 Å². The standard InChI is InChI=1S/C9H5ClFNO3/c1-12-5-3-2-4(11)7(10)6(5)8(13)15-9(12)14/h2-3H,1H3. The molecule has 0 aliphatic heterocycles. The molecule has 0 saturated heterocycles. The molecule has 1 aromatic carbocycles. The third-order valence-corrected chi connectivity index (χ3v) is 2.46. The number of halogens is 2. The van der Waals surface area contributed by atoms with Gasteiger partial charge in [0.15, 0.2) is 0 Å². The van der Waals surface area contributed by atoms with Gasteiger partial charge >= 0.3 is 11.4 Å². The summed E-state index contributed by atoms with van der Waals surface area (Å²) < 4.78 is 18.5. The number of benzene rings is 1. The van der Waals surface area contributed by atoms with Gasteiger partial charge in [0.1, 0.15) is 11.2 Å². The number of aryl methyl sites for hydroxylation is 1. The fourth-order valence-electron chi connectivity index (χ4n) is 1.31. The molecule has 0 saturated carbocycles. The van der Waals surface area contributed by atoms with Crippen LogP contribution in [-0.4, -0.2) is 4.57 Å². The summed E-state index contributed by atoms with van der Waals surface area (Å²) in [5.74, 6) is -1.54. The molecule has 6 heteroatoms. The Morgan fingerprint density at radius 3 is 2.73 bits per heavy atom. The molecule has 78 valence electrons. The number of nitrogens with zero attached hydrogens (tertiary/aromatic N) is 1. The Hall–Kier alpha value is -1.62. The molecule has 1 aromatic heterocycles. The average molecular weight is 230 g/mol. The Morgan fingerprint density at radius 1 is 1.40 bits per heavy atom. The summed E-state index contributed by atoms with van der Waals surface area (Å²) >= 11 is 5.61. The van der Waals surface area contributed by atoms with E-state index in [2.05, 4.69) is 4.42 Å². The van der Waals surface area contributed by atoms with E-state index in [0.29, 0.717) is 0 Å². The summed E-state index contributed by atoms with van der Waals surface area (Å²) in [4.78, 5) is 22.4. The summed E-state index contributed by atoms with van der Waals surface area (Å²) in [7, 11) is 1.40. The van der Waals surface area contributed by atoms with Crippen molar-refractivity contribution in [1.82, 2.24) is 4.57 Å². The van der Waals surface area contributed by atoms with Gasteiger partial charge in [-0.05, 0) is 12.1 Å². The van der Waals surface area contributed by atoms with E-state index in [0.717, 1.165) is 10.6 Å². The first-order chi connectivity index (χ1) is 7.02. The zero-order valence-corrected chi connectivity index (χ0v) is 8.34. The van der Waals surface area contributed by atoms with Gasteiger partial charge in [-0.3, -0.25) is 4.57 Å². The summed E-state index contributed by atoms with van der Waals surface area (Å²) in [6.45, 7) is 0. The van der Waals surface area contributed by atoms with E-state index in [1.54, 1.807) is 0 Å². The second-order valence-electron chi connectivity index (χ2n) is 2.97. The lowest BCUT2D eigenvalue weighted by molar-refractivity contribution is 0.432. The molecule has 0 aliphatic carbocycles. The Balaban J connectivity index is 3.17. The predicted molar refractivity (Wildman–Crippen MR) is 52.7 cm³/mol. The molecular formula is C9H5ClFNO3. The minimum atomic E-state index is -0.933. The summed E-state index contributed by atoms with van der Waals surface area (Å²) in [5.41, 5.74) is -0.694. The van der Waals surface area contributed by atoms with Crippen molar-refractivity contribution in [2.75, 3.05) is 0 Å². The molecular weight excluding hydrogens is 225 g/mol. The van der Waals surface area contributed by atoms with Crippen LogP contribution in [0.25, 0.3) is 10.9 Å². The van der Waals surface area contributed by atoms with Crippen LogP contribution < -0.4 is 11.4 Å². The monoisotopic (exact) mass is 229 g/mol. The molecule has 0 bridgehead atoms. The van der Waals surface area contributed by atoms with Crippen LogP contribution in [0.2, 0.25) is 5.02 Å². The van der Waals surface area contributed by atoms with Crippen molar-refractivity contribution in [3.63, 3.8) is 0 Å². The van der Waals surface area contributed by atoms with Crippen molar-refractivity contribution in [3.8, 4) is 0 Å². The molecule has 2 aromatic rings. The van der Waals surface area contributed by atoms with Gasteiger partial charge < -0.3 is 4.42 Å². The summed E-state index contributed by atoms with van der Waals surface area (Å²) in [6.07, 6.45) is 0. The third kappa shape index (κ3) is 1.35. The van der Waals surface area contributed by atoms with Gasteiger partial charge in [0, 0.05) is 7.05 Å². The first kappa shape index (κ1) is 9.92. The number of hydrogen-bond donors (Lipinski definition) is 0. The molecule has 0 N–H and O–H groups in total. The van der Waals surface area contributed by atoms with Crippen molar-refractivity contribution >= 4 is 22.5 Å². The Kier molecular flexibility index (Phi) is 2.12. The maximum Gasteiger partial charge on any atom is 0.422 e. The zero-order valence-electron chi connectivity index (χ0n) is 7.58. The van der Waals surface area contributed by atoms with Crippen LogP contribution in [0.1, 0.15) is 0 Å². The van der Waals surface area contributed by atoms with Crippen molar-refractivity contribution in [2.45, 2.75) is 0 Å². The predicted octanol–water partition coefficient (Wildman–Crippen LogP) is 1.28. The van der Waals surface area contributed by atoms with Gasteiger partial charge in [-0.15, -0.1) is 0 Å². The summed E-state index contributed by atoms with van der Waals surface area (Å²) in [5, 5.41) is -0.462. The van der Waals surface area contributed by atoms with E-state index >= 15 is 0 Å². The van der Waals surface area contributed by atoms with Gasteiger partial charge in [0.2, 0.25) is 0 Å². The highest BCUT2D eigenvalue weighted by molar-refractivity contribution is 6.35. The highest BCUT2D eigenvalue weighted by Gasteiger charge is 2.13. The lowest BCUT2D eigenvalue weighted by Crippen LogP contribution is -2.22. The van der Waals surface area contributed by atoms with Crippen LogP contribution in [0, 0.1) is 5.82 Å². The van der Waals surface area contributed by atoms with Crippen LogP contribution in [0.5, 0.6) is 0 Å². The Morgan fingerprint density at radius 2 is 2.07 bits per heavy atom. The van der Waals surface area contributed by atoms with Crippen LogP contribution >= 0.6 is 11.6 Å². The highest BCUT2D eigenvalue weighted by atomic mass is 35.5. The minimum Gasteiger partial charge on any atom is -0.372 e. The number of fused-ring (bicyclic) bond motifs is 1. The van der Waals surface area contributed by atoms with E-state index < -0.39 is 17.2 Å².